The number of allylic oxidation sites excluding steroid dienone is 1. The van der Waals surface area contributed by atoms with Gasteiger partial charge >= 0.3 is 6.09 Å². The van der Waals surface area contributed by atoms with Gasteiger partial charge in [0.25, 0.3) is 0 Å². The zero-order chi connectivity index (χ0) is 22.9. The normalized spacial score (nSPS) is 28.4. The summed E-state index contributed by atoms with van der Waals surface area (Å²) in [5, 5.41) is 3.19. The molecule has 0 saturated heterocycles. The fraction of sp³-hybridized carbons (Fsp3) is 0.708. The first-order chi connectivity index (χ1) is 14.5. The lowest BCUT2D eigenvalue weighted by Crippen LogP contribution is -2.52. The van der Waals surface area contributed by atoms with Crippen LogP contribution in [0.3, 0.4) is 0 Å². The second-order valence-electron chi connectivity index (χ2n) is 10.2. The molecular formula is C24H36N4O3. The number of amides is 2. The Morgan fingerprint density at radius 2 is 1.97 bits per heavy atom. The average Bonchev–Trinajstić information content (AvgIpc) is 3.56. The van der Waals surface area contributed by atoms with Crippen molar-refractivity contribution in [3.8, 4) is 11.8 Å². The van der Waals surface area contributed by atoms with Crippen molar-refractivity contribution < 1.29 is 14.3 Å². The molecule has 0 bridgehead atoms. The molecule has 3 rings (SSSR count). The Hall–Kier alpha value is -2.49. The van der Waals surface area contributed by atoms with Gasteiger partial charge in [0.15, 0.2) is 0 Å². The van der Waals surface area contributed by atoms with Gasteiger partial charge in [-0.1, -0.05) is 18.8 Å². The maximum atomic E-state index is 13.0. The number of rotatable bonds is 6. The number of nitrogens with one attached hydrogen (secondary N) is 1. The van der Waals surface area contributed by atoms with Crippen molar-refractivity contribution in [1.29, 1.82) is 0 Å². The second-order valence-corrected chi connectivity index (χ2v) is 10.2. The van der Waals surface area contributed by atoms with Gasteiger partial charge in [0.1, 0.15) is 11.1 Å². The minimum absolute atomic E-state index is 0.0576. The highest BCUT2D eigenvalue weighted by Gasteiger charge is 2.64. The summed E-state index contributed by atoms with van der Waals surface area (Å²) >= 11 is 0. The fourth-order valence-electron chi connectivity index (χ4n) is 4.25. The van der Waals surface area contributed by atoms with E-state index in [1.54, 1.807) is 13.3 Å². The first-order valence-corrected chi connectivity index (χ1v) is 11.3. The van der Waals surface area contributed by atoms with Crippen molar-refractivity contribution >= 4 is 18.2 Å². The van der Waals surface area contributed by atoms with E-state index in [0.29, 0.717) is 18.8 Å². The van der Waals surface area contributed by atoms with E-state index in [2.05, 4.69) is 29.1 Å². The minimum atomic E-state index is -0.756. The van der Waals surface area contributed by atoms with Crippen LogP contribution in [0.25, 0.3) is 0 Å². The summed E-state index contributed by atoms with van der Waals surface area (Å²) in [4.78, 5) is 31.1. The molecule has 31 heavy (non-hydrogen) atoms. The molecule has 0 heterocycles. The Balaban J connectivity index is 1.48. The number of aliphatic imine (C=N–C) groups is 1. The fourth-order valence-corrected chi connectivity index (χ4v) is 4.25. The van der Waals surface area contributed by atoms with Gasteiger partial charge in [-0.15, -0.1) is 0 Å². The summed E-state index contributed by atoms with van der Waals surface area (Å²) in [6.45, 7) is 8.33. The number of likely N-dealkylation sites (N-methyl/N-ethyl adjacent to an activating group) is 1. The molecule has 3 aliphatic carbocycles. The van der Waals surface area contributed by atoms with Crippen molar-refractivity contribution in [2.75, 3.05) is 13.6 Å². The summed E-state index contributed by atoms with van der Waals surface area (Å²) in [6, 6.07) is 0.179. The van der Waals surface area contributed by atoms with Crippen LogP contribution in [0.2, 0.25) is 0 Å². The Kier molecular flexibility index (Phi) is 6.40. The van der Waals surface area contributed by atoms with Crippen LogP contribution >= 0.6 is 0 Å². The van der Waals surface area contributed by atoms with Gasteiger partial charge in [-0.25, -0.2) is 4.79 Å². The molecule has 3 saturated carbocycles. The molecule has 0 aromatic heterocycles. The van der Waals surface area contributed by atoms with Gasteiger partial charge in [0.2, 0.25) is 5.91 Å². The van der Waals surface area contributed by atoms with E-state index in [-0.39, 0.29) is 17.4 Å². The lowest BCUT2D eigenvalue weighted by atomic mass is 9.71. The summed E-state index contributed by atoms with van der Waals surface area (Å²) < 4.78 is 5.44. The second kappa shape index (κ2) is 8.57. The molecule has 0 aliphatic heterocycles. The lowest BCUT2D eigenvalue weighted by molar-refractivity contribution is -0.128. The molecule has 1 unspecified atom stereocenters. The molecule has 1 spiro atoms. The van der Waals surface area contributed by atoms with Gasteiger partial charge < -0.3 is 15.8 Å². The number of nitrogens with two attached hydrogens (primary N) is 1. The molecule has 0 aromatic carbocycles. The van der Waals surface area contributed by atoms with E-state index in [1.165, 1.54) is 11.1 Å². The first-order valence-electron chi connectivity index (χ1n) is 11.3. The third-order valence-corrected chi connectivity index (χ3v) is 6.44. The van der Waals surface area contributed by atoms with E-state index >= 15 is 0 Å². The monoisotopic (exact) mass is 428 g/mol. The highest BCUT2D eigenvalue weighted by molar-refractivity contribution is 5.93. The van der Waals surface area contributed by atoms with Crippen molar-refractivity contribution in [1.82, 2.24) is 10.2 Å². The number of ether oxygens (including phenoxy) is 1. The van der Waals surface area contributed by atoms with E-state index < -0.39 is 17.2 Å². The van der Waals surface area contributed by atoms with Crippen molar-refractivity contribution in [3.05, 3.63) is 11.8 Å². The van der Waals surface area contributed by atoms with Crippen LogP contribution in [-0.2, 0) is 9.53 Å². The first kappa shape index (κ1) is 23.2. The van der Waals surface area contributed by atoms with Gasteiger partial charge in [0, 0.05) is 38.0 Å². The molecule has 2 amide bonds. The number of nitrogens with zero attached hydrogens (tertiary/aromatic N) is 2. The maximum absolute atomic E-state index is 13.0. The molecular weight excluding hydrogens is 392 g/mol. The summed E-state index contributed by atoms with van der Waals surface area (Å²) in [7, 11) is 1.66. The van der Waals surface area contributed by atoms with Gasteiger partial charge in [-0.3, -0.25) is 14.7 Å². The molecule has 3 fully saturated rings. The van der Waals surface area contributed by atoms with Crippen LogP contribution in [0, 0.1) is 23.2 Å². The Labute approximate surface area is 185 Å². The molecule has 3 aliphatic rings. The zero-order valence-electron chi connectivity index (χ0n) is 19.5. The van der Waals surface area contributed by atoms with Crippen LogP contribution in [0.4, 0.5) is 4.79 Å². The molecule has 7 heteroatoms. The van der Waals surface area contributed by atoms with Crippen molar-refractivity contribution in [2.45, 2.75) is 83.4 Å². The number of carbonyl (C=O) groups excluding carboxylic acids is 2. The standard InChI is InChI=1S/C24H36N4O3/c1-6-11-26-16-18(15-25)8-7-17-12-23(13-17)14-19(23)27-20(29)24(9-10-24)28(5)21(30)31-22(2,3)4/h15-17,19H,6,9-14,25H2,1-5H3,(H,27,29). The third-order valence-electron chi connectivity index (χ3n) is 6.44. The summed E-state index contributed by atoms with van der Waals surface area (Å²) in [5.74, 6) is 6.69. The smallest absolute Gasteiger partial charge is 0.410 e. The molecule has 3 N–H and O–H groups in total. The molecule has 170 valence electrons. The summed E-state index contributed by atoms with van der Waals surface area (Å²) in [5.41, 5.74) is 5.22. The van der Waals surface area contributed by atoms with Gasteiger partial charge in [-0.2, -0.15) is 0 Å². The van der Waals surface area contributed by atoms with Crippen molar-refractivity contribution in [3.63, 3.8) is 0 Å². The molecule has 0 aromatic rings. The SMILES string of the molecule is CCCN=CC(C#CC1CC2(C1)CC2NC(=O)C1(N(C)C(=O)OC(C)(C)C)CC1)=CN. The van der Waals surface area contributed by atoms with E-state index in [4.69, 9.17) is 10.5 Å². The molecule has 7 nitrogen and oxygen atoms in total. The number of hydrogen-bond acceptors (Lipinski definition) is 5. The quantitative estimate of drug-likeness (QED) is 0.502. The van der Waals surface area contributed by atoms with Crippen LogP contribution in [0.5, 0.6) is 0 Å². The van der Waals surface area contributed by atoms with Crippen LogP contribution < -0.4 is 11.1 Å². The number of hydrogen-bond donors (Lipinski definition) is 2. The summed E-state index contributed by atoms with van der Waals surface area (Å²) in [6.07, 6.45) is 8.10. The van der Waals surface area contributed by atoms with Gasteiger partial charge in [-0.05, 0) is 64.7 Å². The molecule has 1 atom stereocenters. The Morgan fingerprint density at radius 1 is 1.29 bits per heavy atom. The predicted molar refractivity (Wildman–Crippen MR) is 121 cm³/mol. The Morgan fingerprint density at radius 3 is 2.52 bits per heavy atom. The van der Waals surface area contributed by atoms with E-state index in [0.717, 1.165) is 37.8 Å². The van der Waals surface area contributed by atoms with Crippen molar-refractivity contribution in [2.24, 2.45) is 22.1 Å². The highest BCUT2D eigenvalue weighted by Crippen LogP contribution is 2.63. The predicted octanol–water partition coefficient (Wildman–Crippen LogP) is 3.00. The van der Waals surface area contributed by atoms with Gasteiger partial charge in [0.05, 0.1) is 5.57 Å². The van der Waals surface area contributed by atoms with Crippen LogP contribution in [0.15, 0.2) is 16.8 Å². The zero-order valence-corrected chi connectivity index (χ0v) is 19.5. The lowest BCUT2D eigenvalue weighted by Gasteiger charge is -2.34. The number of carbonyl (C=O) groups is 2. The minimum Gasteiger partial charge on any atom is -0.444 e. The van der Waals surface area contributed by atoms with Crippen LogP contribution in [-0.4, -0.2) is 53.9 Å². The van der Waals surface area contributed by atoms with Crippen LogP contribution in [0.1, 0.15) is 66.2 Å². The maximum Gasteiger partial charge on any atom is 0.410 e. The molecule has 0 radical (unpaired) electrons. The largest absolute Gasteiger partial charge is 0.444 e. The highest BCUT2D eigenvalue weighted by atomic mass is 16.6. The Bertz CT molecular complexity index is 833. The third kappa shape index (κ3) is 5.23. The topological polar surface area (TPSA) is 97.0 Å². The van der Waals surface area contributed by atoms with E-state index in [9.17, 15) is 9.59 Å². The average molecular weight is 429 g/mol. The van der Waals surface area contributed by atoms with E-state index in [1.807, 2.05) is 20.8 Å².